The summed E-state index contributed by atoms with van der Waals surface area (Å²) in [5, 5.41) is 13.7. The molecule has 1 N–H and O–H groups in total. The summed E-state index contributed by atoms with van der Waals surface area (Å²) in [6, 6.07) is 1.50. The Balaban J connectivity index is 1.95. The molecule has 1 fully saturated rings. The molecule has 0 unspecified atom stereocenters. The average molecular weight is 299 g/mol. The van der Waals surface area contributed by atoms with Crippen LogP contribution >= 0.6 is 0 Å². The van der Waals surface area contributed by atoms with E-state index >= 15 is 0 Å². The average Bonchev–Trinajstić information content (AvgIpc) is 2.39. The maximum atomic E-state index is 13.5. The highest BCUT2D eigenvalue weighted by Gasteiger charge is 2.22. The fourth-order valence-electron chi connectivity index (χ4n) is 2.65. The van der Waals surface area contributed by atoms with Gasteiger partial charge in [-0.05, 0) is 45.3 Å². The number of likely N-dealkylation sites (tertiary alicyclic amines) is 1. The molecule has 5 nitrogen and oxygen atoms in total. The molecule has 1 heterocycles. The van der Waals surface area contributed by atoms with E-state index in [4.69, 9.17) is 0 Å². The van der Waals surface area contributed by atoms with Gasteiger partial charge in [0.15, 0.2) is 0 Å². The summed E-state index contributed by atoms with van der Waals surface area (Å²) >= 11 is 0. The first-order valence-electron chi connectivity index (χ1n) is 7.03. The lowest BCUT2D eigenvalue weighted by Crippen LogP contribution is -2.30. The van der Waals surface area contributed by atoms with Gasteiger partial charge in [-0.1, -0.05) is 0 Å². The third kappa shape index (κ3) is 4.10. The van der Waals surface area contributed by atoms with Gasteiger partial charge < -0.3 is 10.2 Å². The molecule has 0 atom stereocenters. The van der Waals surface area contributed by atoms with E-state index in [1.165, 1.54) is 0 Å². The number of hydrogen-bond acceptors (Lipinski definition) is 4. The lowest BCUT2D eigenvalue weighted by molar-refractivity contribution is -0.386. The van der Waals surface area contributed by atoms with E-state index in [0.29, 0.717) is 18.5 Å². The number of nitrogens with one attached hydrogen (secondary N) is 1. The molecule has 1 saturated heterocycles. The van der Waals surface area contributed by atoms with E-state index < -0.39 is 22.2 Å². The van der Waals surface area contributed by atoms with Crippen LogP contribution in [-0.2, 0) is 0 Å². The first-order valence-corrected chi connectivity index (χ1v) is 7.03. The number of piperidine rings is 1. The van der Waals surface area contributed by atoms with Crippen LogP contribution in [0.4, 0.5) is 20.2 Å². The molecule has 116 valence electrons. The molecule has 0 spiro atoms. The molecule has 0 bridgehead atoms. The molecule has 1 aromatic carbocycles. The largest absolute Gasteiger partial charge is 0.379 e. The van der Waals surface area contributed by atoms with Crippen molar-refractivity contribution < 1.29 is 13.7 Å². The van der Waals surface area contributed by atoms with Crippen molar-refractivity contribution >= 4 is 11.4 Å². The predicted octanol–water partition coefficient (Wildman–Crippen LogP) is 3.02. The monoisotopic (exact) mass is 299 g/mol. The quantitative estimate of drug-likeness (QED) is 0.670. The van der Waals surface area contributed by atoms with E-state index in [-0.39, 0.29) is 5.69 Å². The Hall–Kier alpha value is -1.76. The minimum absolute atomic E-state index is 0.0922. The van der Waals surface area contributed by atoms with Crippen molar-refractivity contribution in [3.63, 3.8) is 0 Å². The van der Waals surface area contributed by atoms with Crippen molar-refractivity contribution in [3.8, 4) is 0 Å². The Morgan fingerprint density at radius 3 is 2.67 bits per heavy atom. The third-order valence-corrected chi connectivity index (χ3v) is 3.92. The van der Waals surface area contributed by atoms with Crippen LogP contribution in [0, 0.1) is 27.7 Å². The van der Waals surface area contributed by atoms with Crippen molar-refractivity contribution in [1.82, 2.24) is 4.90 Å². The summed E-state index contributed by atoms with van der Waals surface area (Å²) in [5.74, 6) is -1.42. The summed E-state index contributed by atoms with van der Waals surface area (Å²) < 4.78 is 26.6. The van der Waals surface area contributed by atoms with Crippen LogP contribution < -0.4 is 5.32 Å². The number of nitro groups is 1. The smallest absolute Gasteiger partial charge is 0.327 e. The van der Waals surface area contributed by atoms with E-state index in [1.807, 2.05) is 0 Å². The minimum Gasteiger partial charge on any atom is -0.379 e. The lowest BCUT2D eigenvalue weighted by Gasteiger charge is -2.28. The van der Waals surface area contributed by atoms with Crippen LogP contribution in [0.1, 0.15) is 19.3 Å². The molecule has 0 saturated carbocycles. The molecule has 0 aliphatic carbocycles. The van der Waals surface area contributed by atoms with Gasteiger partial charge in [-0.2, -0.15) is 4.39 Å². The second-order valence-electron chi connectivity index (χ2n) is 5.50. The number of nitrogens with zero attached hydrogens (tertiary/aromatic N) is 2. The molecule has 0 amide bonds. The van der Waals surface area contributed by atoms with Crippen LogP contribution in [0.2, 0.25) is 0 Å². The van der Waals surface area contributed by atoms with Crippen LogP contribution in [-0.4, -0.2) is 36.5 Å². The van der Waals surface area contributed by atoms with E-state index in [2.05, 4.69) is 17.3 Å². The predicted molar refractivity (Wildman–Crippen MR) is 76.3 cm³/mol. The molecule has 2 rings (SSSR count). The Bertz CT molecular complexity index is 517. The minimum atomic E-state index is -1.15. The van der Waals surface area contributed by atoms with Gasteiger partial charge in [0.1, 0.15) is 11.5 Å². The fourth-order valence-corrected chi connectivity index (χ4v) is 2.65. The van der Waals surface area contributed by atoms with Crippen molar-refractivity contribution in [2.24, 2.45) is 5.92 Å². The standard InChI is InChI=1S/C14H19F2N3O2/c1-18-6-3-10(4-7-18)2-5-17-13-9-11(15)8-12(16)14(13)19(20)21/h8-10,17H,2-7H2,1H3. The summed E-state index contributed by atoms with van der Waals surface area (Å²) in [6.45, 7) is 2.55. The van der Waals surface area contributed by atoms with Crippen molar-refractivity contribution in [3.05, 3.63) is 33.9 Å². The number of halogens is 2. The van der Waals surface area contributed by atoms with Crippen molar-refractivity contribution in [2.75, 3.05) is 32.0 Å². The van der Waals surface area contributed by atoms with Crippen LogP contribution in [0.5, 0.6) is 0 Å². The number of anilines is 1. The van der Waals surface area contributed by atoms with E-state index in [0.717, 1.165) is 38.4 Å². The molecule has 0 aromatic heterocycles. The van der Waals surface area contributed by atoms with Gasteiger partial charge in [0.05, 0.1) is 4.92 Å². The Kier molecular flexibility index (Phi) is 5.06. The molecular weight excluding hydrogens is 280 g/mol. The molecule has 0 radical (unpaired) electrons. The highest BCUT2D eigenvalue weighted by molar-refractivity contribution is 5.62. The molecule has 21 heavy (non-hydrogen) atoms. The van der Waals surface area contributed by atoms with Gasteiger partial charge in [-0.15, -0.1) is 0 Å². The summed E-state index contributed by atoms with van der Waals surface area (Å²) in [4.78, 5) is 12.3. The number of benzene rings is 1. The molecule has 7 heteroatoms. The Morgan fingerprint density at radius 1 is 1.38 bits per heavy atom. The zero-order valence-electron chi connectivity index (χ0n) is 11.9. The van der Waals surface area contributed by atoms with Crippen LogP contribution in [0.25, 0.3) is 0 Å². The maximum absolute atomic E-state index is 13.5. The normalized spacial score (nSPS) is 16.9. The fraction of sp³-hybridized carbons (Fsp3) is 0.571. The lowest BCUT2D eigenvalue weighted by atomic mass is 9.94. The molecular formula is C14H19F2N3O2. The topological polar surface area (TPSA) is 58.4 Å². The zero-order chi connectivity index (χ0) is 15.4. The number of rotatable bonds is 5. The van der Waals surface area contributed by atoms with Crippen molar-refractivity contribution in [2.45, 2.75) is 19.3 Å². The van der Waals surface area contributed by atoms with Gasteiger partial charge >= 0.3 is 5.69 Å². The molecule has 1 aliphatic heterocycles. The van der Waals surface area contributed by atoms with Crippen LogP contribution in [0.15, 0.2) is 12.1 Å². The second kappa shape index (κ2) is 6.80. The third-order valence-electron chi connectivity index (χ3n) is 3.92. The maximum Gasteiger partial charge on any atom is 0.327 e. The zero-order valence-corrected chi connectivity index (χ0v) is 11.9. The molecule has 1 aromatic rings. The van der Waals surface area contributed by atoms with E-state index in [1.54, 1.807) is 0 Å². The van der Waals surface area contributed by atoms with Crippen LogP contribution in [0.3, 0.4) is 0 Å². The first kappa shape index (κ1) is 15.6. The Labute approximate surface area is 122 Å². The van der Waals surface area contributed by atoms with Gasteiger partial charge in [0, 0.05) is 18.7 Å². The van der Waals surface area contributed by atoms with Gasteiger partial charge in [0.2, 0.25) is 5.82 Å². The van der Waals surface area contributed by atoms with Gasteiger partial charge in [-0.3, -0.25) is 10.1 Å². The SMILES string of the molecule is CN1CCC(CCNc2cc(F)cc(F)c2[N+](=O)[O-])CC1. The van der Waals surface area contributed by atoms with Gasteiger partial charge in [0.25, 0.3) is 0 Å². The Morgan fingerprint density at radius 2 is 2.05 bits per heavy atom. The highest BCUT2D eigenvalue weighted by atomic mass is 19.1. The van der Waals surface area contributed by atoms with E-state index in [9.17, 15) is 18.9 Å². The molecule has 1 aliphatic rings. The van der Waals surface area contributed by atoms with Crippen molar-refractivity contribution in [1.29, 1.82) is 0 Å². The second-order valence-corrected chi connectivity index (χ2v) is 5.50. The highest BCUT2D eigenvalue weighted by Crippen LogP contribution is 2.29. The summed E-state index contributed by atoms with van der Waals surface area (Å²) in [6.07, 6.45) is 3.00. The number of nitro benzene ring substituents is 1. The first-order chi connectivity index (χ1) is 9.97. The summed E-state index contributed by atoms with van der Waals surface area (Å²) in [5.41, 5.74) is -0.787. The number of hydrogen-bond donors (Lipinski definition) is 1. The van der Waals surface area contributed by atoms with Gasteiger partial charge in [-0.25, -0.2) is 4.39 Å². The summed E-state index contributed by atoms with van der Waals surface area (Å²) in [7, 11) is 2.08.